The molecule has 8 aromatic rings. The Hall–Kier alpha value is -5.45. The van der Waals surface area contributed by atoms with Crippen molar-refractivity contribution < 1.29 is 9.60 Å². The van der Waals surface area contributed by atoms with Crippen LogP contribution in [0.5, 0.6) is 0 Å². The molecule has 0 radical (unpaired) electrons. The van der Waals surface area contributed by atoms with E-state index in [1.165, 1.54) is 0 Å². The summed E-state index contributed by atoms with van der Waals surface area (Å²) in [6, 6.07) is 33.4. The fraction of sp³-hybridized carbons (Fsp3) is 0. The first-order valence-corrected chi connectivity index (χ1v) is 14.5. The lowest BCUT2D eigenvalue weighted by atomic mass is 10.0. The minimum atomic E-state index is -0.421. The summed E-state index contributed by atoms with van der Waals surface area (Å²) in [7, 11) is 0. The molecule has 2 aromatic heterocycles. The van der Waals surface area contributed by atoms with E-state index in [1.807, 2.05) is 109 Å². The van der Waals surface area contributed by atoms with Gasteiger partial charge in [-0.3, -0.25) is 0 Å². The molecule has 202 valence electrons. The second kappa shape index (κ2) is 10.8. The number of fused-ring (bicyclic) bond motifs is 3. The number of hydrogen-bond donors (Lipinski definition) is 0. The molecular weight excluding hydrogens is 543 g/mol. The number of benzene rings is 6. The Balaban J connectivity index is 1.39. The topological polar surface area (TPSA) is 38.7 Å². The van der Waals surface area contributed by atoms with Crippen LogP contribution in [0.25, 0.3) is 76.6 Å². The van der Waals surface area contributed by atoms with Crippen molar-refractivity contribution in [3.8, 4) is 56.4 Å². The fourth-order valence-corrected chi connectivity index (χ4v) is 6.13. The molecule has 0 atom stereocenters. The van der Waals surface area contributed by atoms with Crippen molar-refractivity contribution in [3.63, 3.8) is 0 Å². The van der Waals surface area contributed by atoms with Gasteiger partial charge in [0.1, 0.15) is 0 Å². The first kappa shape index (κ1) is 18.9. The van der Waals surface area contributed by atoms with Crippen molar-refractivity contribution in [2.45, 2.75) is 0 Å². The van der Waals surface area contributed by atoms with Gasteiger partial charge in [0.25, 0.3) is 0 Å². The van der Waals surface area contributed by atoms with Gasteiger partial charge in [-0.1, -0.05) is 139 Å². The van der Waals surface area contributed by atoms with Gasteiger partial charge in [0.15, 0.2) is 17.5 Å². The van der Waals surface area contributed by atoms with Crippen LogP contribution in [0, 0.1) is 0 Å². The molecule has 4 heteroatoms. The van der Waals surface area contributed by atoms with Gasteiger partial charge in [0.2, 0.25) is 0 Å². The van der Waals surface area contributed by atoms with Gasteiger partial charge in [-0.15, -0.1) is 11.3 Å². The van der Waals surface area contributed by atoms with Crippen LogP contribution >= 0.6 is 11.3 Å². The van der Waals surface area contributed by atoms with E-state index in [0.29, 0.717) is 22.8 Å². The number of rotatable bonds is 5. The SMILES string of the molecule is [2H]c1c([2H])c([2H])c2c(sc3c([2H])c([2H])c([2H])c(-c4nc(-c5ccc(-c6ccccc6)cc5)nc(-c5ccc(-c6ccccc6)cc5)n4)c32)c1[2H]. The van der Waals surface area contributed by atoms with Crippen LogP contribution in [-0.2, 0) is 0 Å². The Bertz CT molecular complexity index is 2490. The van der Waals surface area contributed by atoms with E-state index in [-0.39, 0.29) is 67.8 Å². The molecule has 6 aromatic carbocycles. The Morgan fingerprint density at radius 1 is 0.419 bits per heavy atom. The molecule has 3 nitrogen and oxygen atoms in total. The summed E-state index contributed by atoms with van der Waals surface area (Å²) in [6.07, 6.45) is 0. The zero-order chi connectivity index (χ0) is 34.7. The van der Waals surface area contributed by atoms with Crippen molar-refractivity contribution in [2.24, 2.45) is 0 Å². The van der Waals surface area contributed by atoms with Crippen LogP contribution in [0.2, 0.25) is 0 Å². The molecule has 0 aliphatic rings. The summed E-state index contributed by atoms with van der Waals surface area (Å²) in [6.45, 7) is 0. The quantitative estimate of drug-likeness (QED) is 0.205. The van der Waals surface area contributed by atoms with E-state index >= 15 is 0 Å². The molecule has 0 amide bonds. The molecule has 0 N–H and O–H groups in total. The molecule has 0 saturated carbocycles. The molecule has 43 heavy (non-hydrogen) atoms. The molecule has 0 fully saturated rings. The highest BCUT2D eigenvalue weighted by atomic mass is 32.1. The second-order valence-corrected chi connectivity index (χ2v) is 11.0. The first-order chi connectivity index (χ1) is 24.2. The van der Waals surface area contributed by atoms with Gasteiger partial charge >= 0.3 is 0 Å². The molecule has 0 aliphatic carbocycles. The van der Waals surface area contributed by atoms with E-state index in [0.717, 1.165) is 33.6 Å². The minimum Gasteiger partial charge on any atom is -0.208 e. The largest absolute Gasteiger partial charge is 0.208 e. The molecular formula is C39H25N3S. The smallest absolute Gasteiger partial charge is 0.164 e. The molecule has 8 rings (SSSR count). The van der Waals surface area contributed by atoms with Gasteiger partial charge in [-0.05, 0) is 34.3 Å². The lowest BCUT2D eigenvalue weighted by Gasteiger charge is -2.11. The highest BCUT2D eigenvalue weighted by molar-refractivity contribution is 7.25. The summed E-state index contributed by atoms with van der Waals surface area (Å²) in [5, 5.41) is 0.431. The van der Waals surface area contributed by atoms with Gasteiger partial charge < -0.3 is 0 Å². The molecule has 0 bridgehead atoms. The zero-order valence-electron chi connectivity index (χ0n) is 29.6. The first-order valence-electron chi connectivity index (χ1n) is 17.2. The van der Waals surface area contributed by atoms with E-state index in [9.17, 15) is 0 Å². The maximum Gasteiger partial charge on any atom is 0.164 e. The van der Waals surface area contributed by atoms with E-state index < -0.39 is 6.04 Å². The van der Waals surface area contributed by atoms with Crippen LogP contribution in [0.1, 0.15) is 9.60 Å². The molecule has 0 spiro atoms. The van der Waals surface area contributed by atoms with Crippen molar-refractivity contribution in [2.75, 3.05) is 0 Å². The average molecular weight is 575 g/mol. The minimum absolute atomic E-state index is 0.0693. The Labute approximate surface area is 263 Å². The lowest BCUT2D eigenvalue weighted by Crippen LogP contribution is -2.00. The number of aromatic nitrogens is 3. The Kier molecular flexibility index (Phi) is 4.72. The van der Waals surface area contributed by atoms with Crippen LogP contribution < -0.4 is 0 Å². The Morgan fingerprint density at radius 2 is 0.884 bits per heavy atom. The van der Waals surface area contributed by atoms with Crippen LogP contribution in [0.4, 0.5) is 0 Å². The van der Waals surface area contributed by atoms with Crippen molar-refractivity contribution in [1.29, 1.82) is 0 Å². The monoisotopic (exact) mass is 574 g/mol. The number of hydrogen-bond acceptors (Lipinski definition) is 4. The van der Waals surface area contributed by atoms with Crippen LogP contribution in [-0.4, -0.2) is 15.0 Å². The van der Waals surface area contributed by atoms with E-state index in [4.69, 9.17) is 24.5 Å². The summed E-state index contributed by atoms with van der Waals surface area (Å²) >= 11 is 1.01. The van der Waals surface area contributed by atoms with E-state index in [1.54, 1.807) is 0 Å². The third-order valence-corrected chi connectivity index (χ3v) is 8.33. The van der Waals surface area contributed by atoms with Crippen molar-refractivity contribution in [3.05, 3.63) is 151 Å². The molecule has 2 heterocycles. The van der Waals surface area contributed by atoms with Gasteiger partial charge in [-0.2, -0.15) is 0 Å². The van der Waals surface area contributed by atoms with Crippen LogP contribution in [0.15, 0.2) is 151 Å². The molecule has 0 aliphatic heterocycles. The predicted octanol–water partition coefficient (Wildman–Crippen LogP) is 10.6. The highest BCUT2D eigenvalue weighted by Crippen LogP contribution is 2.39. The summed E-state index contributed by atoms with van der Waals surface area (Å²) in [5.41, 5.74) is 5.64. The van der Waals surface area contributed by atoms with Gasteiger partial charge in [0, 0.05) is 36.9 Å². The maximum atomic E-state index is 9.09. The summed E-state index contributed by atoms with van der Waals surface area (Å²) < 4.78 is 61.1. The standard InChI is InChI=1S/C39H25N3S/c1-3-10-26(11-4-1)28-18-22-30(23-19-28)37-40-38(31-24-20-29(21-25-31)27-12-5-2-6-13-27)42-39(41-37)33-15-9-17-35-36(33)32-14-7-8-16-34(32)43-35/h1-25H/i7D,8D,9D,14D,15D,16D,17D. The predicted molar refractivity (Wildman–Crippen MR) is 180 cm³/mol. The normalized spacial score (nSPS) is 13.5. The highest BCUT2D eigenvalue weighted by Gasteiger charge is 2.17. The van der Waals surface area contributed by atoms with Gasteiger partial charge in [-0.25, -0.2) is 15.0 Å². The van der Waals surface area contributed by atoms with E-state index in [2.05, 4.69) is 0 Å². The van der Waals surface area contributed by atoms with Gasteiger partial charge in [0.05, 0.1) is 9.60 Å². The zero-order valence-corrected chi connectivity index (χ0v) is 23.5. The summed E-state index contributed by atoms with van der Waals surface area (Å²) in [5.74, 6) is 0.722. The maximum absolute atomic E-state index is 9.09. The Morgan fingerprint density at radius 3 is 1.47 bits per heavy atom. The van der Waals surface area contributed by atoms with Crippen molar-refractivity contribution >= 4 is 31.5 Å². The third kappa shape index (κ3) is 4.78. The number of nitrogens with zero attached hydrogens (tertiary/aromatic N) is 3. The average Bonchev–Trinajstić information content (AvgIpc) is 3.57. The molecule has 0 unspecified atom stereocenters. The van der Waals surface area contributed by atoms with Crippen LogP contribution in [0.3, 0.4) is 0 Å². The third-order valence-electron chi connectivity index (χ3n) is 7.31. The lowest BCUT2D eigenvalue weighted by molar-refractivity contribution is 1.08. The summed E-state index contributed by atoms with van der Waals surface area (Å²) in [4.78, 5) is 14.6. The number of thiophene rings is 1. The van der Waals surface area contributed by atoms with Crippen molar-refractivity contribution in [1.82, 2.24) is 15.0 Å². The molecule has 0 saturated heterocycles. The second-order valence-electron chi connectivity index (χ2n) is 9.95. The fourth-order valence-electron chi connectivity index (χ4n) is 5.16.